The number of hydrogen-bond acceptors (Lipinski definition) is 7. The van der Waals surface area contributed by atoms with Gasteiger partial charge in [0.2, 0.25) is 0 Å². The van der Waals surface area contributed by atoms with Crippen LogP contribution in [0.4, 0.5) is 21.6 Å². The highest BCUT2D eigenvalue weighted by molar-refractivity contribution is 5.81. The van der Waals surface area contributed by atoms with Gasteiger partial charge < -0.3 is 25.3 Å². The van der Waals surface area contributed by atoms with Gasteiger partial charge in [-0.05, 0) is 77.1 Å². The first-order chi connectivity index (χ1) is 21.5. The van der Waals surface area contributed by atoms with Gasteiger partial charge in [0.15, 0.2) is 0 Å². The van der Waals surface area contributed by atoms with Crippen molar-refractivity contribution in [3.05, 3.63) is 109 Å². The van der Waals surface area contributed by atoms with Gasteiger partial charge in [0.25, 0.3) is 0 Å². The molecular formula is C37H48FN7. The number of aromatic nitrogens is 1. The molecule has 7 nitrogen and oxygen atoms in total. The average Bonchev–Trinajstić information content (AvgIpc) is 3.03. The van der Waals surface area contributed by atoms with E-state index in [0.717, 1.165) is 91.8 Å². The maximum atomic E-state index is 16.0. The summed E-state index contributed by atoms with van der Waals surface area (Å²) in [6.07, 6.45) is 9.47. The molecule has 0 bridgehead atoms. The number of halogens is 1. The summed E-state index contributed by atoms with van der Waals surface area (Å²) in [4.78, 5) is 14.1. The third-order valence-corrected chi connectivity index (χ3v) is 9.25. The Morgan fingerprint density at radius 2 is 1.71 bits per heavy atom. The van der Waals surface area contributed by atoms with E-state index in [4.69, 9.17) is 4.98 Å². The zero-order valence-electron chi connectivity index (χ0n) is 27.4. The summed E-state index contributed by atoms with van der Waals surface area (Å²) in [6.45, 7) is 28.2. The Balaban J connectivity index is 1.36. The van der Waals surface area contributed by atoms with E-state index in [2.05, 4.69) is 84.4 Å². The molecule has 2 saturated heterocycles. The number of piperazine rings is 2. The molecule has 2 unspecified atom stereocenters. The van der Waals surface area contributed by atoms with Crippen LogP contribution >= 0.6 is 0 Å². The highest BCUT2D eigenvalue weighted by Crippen LogP contribution is 2.37. The number of benzene rings is 1. The molecule has 2 aromatic rings. The van der Waals surface area contributed by atoms with Gasteiger partial charge in [0.05, 0.1) is 11.4 Å². The van der Waals surface area contributed by atoms with Crippen molar-refractivity contribution in [2.75, 3.05) is 61.4 Å². The molecular weight excluding hydrogens is 561 g/mol. The van der Waals surface area contributed by atoms with Crippen LogP contribution in [0.2, 0.25) is 0 Å². The van der Waals surface area contributed by atoms with Gasteiger partial charge in [-0.3, -0.25) is 4.90 Å². The summed E-state index contributed by atoms with van der Waals surface area (Å²) in [5.74, 6) is 0.631. The number of rotatable bonds is 10. The lowest BCUT2D eigenvalue weighted by molar-refractivity contribution is 0.170. The standard InChI is InChI=1S/C37H48FN7/c1-25(2)9-11-27(4)43-15-17-44(18-16-43)37-14-13-32(22-40-37)33-19-35(41-30(7)31-12-10-26(3)39-21-31)36(20-34(33)38)45-23-28(5)42(8)29(6)24-45/h10,12-14,19-22,28-29,39,41H,1,3-4,7,9,11,15-18,23-24H2,2,5-6,8H3. The predicted molar refractivity (Wildman–Crippen MR) is 188 cm³/mol. The van der Waals surface area contributed by atoms with Crippen molar-refractivity contribution in [2.45, 2.75) is 45.7 Å². The lowest BCUT2D eigenvalue weighted by Crippen LogP contribution is -2.55. The van der Waals surface area contributed by atoms with Crippen LogP contribution in [0.15, 0.2) is 103 Å². The Kier molecular flexibility index (Phi) is 9.83. The van der Waals surface area contributed by atoms with E-state index < -0.39 is 0 Å². The van der Waals surface area contributed by atoms with Crippen LogP contribution in [0.25, 0.3) is 11.1 Å². The maximum absolute atomic E-state index is 16.0. The number of nitrogens with zero attached hydrogens (tertiary/aromatic N) is 5. The Bertz CT molecular complexity index is 1500. The predicted octanol–water partition coefficient (Wildman–Crippen LogP) is 6.89. The van der Waals surface area contributed by atoms with Crippen LogP contribution in [0, 0.1) is 5.82 Å². The molecule has 1 aromatic heterocycles. The topological polar surface area (TPSA) is 49.9 Å². The third kappa shape index (κ3) is 7.51. The van der Waals surface area contributed by atoms with Gasteiger partial charge in [0.1, 0.15) is 11.6 Å². The molecule has 0 amide bonds. The fraction of sp³-hybridized carbons (Fsp3) is 0.378. The largest absolute Gasteiger partial charge is 0.372 e. The molecule has 1 aromatic carbocycles. The van der Waals surface area contributed by atoms with Gasteiger partial charge in [-0.15, -0.1) is 6.58 Å². The average molecular weight is 610 g/mol. The molecule has 3 aliphatic rings. The minimum absolute atomic E-state index is 0.272. The molecule has 4 heterocycles. The highest BCUT2D eigenvalue weighted by atomic mass is 19.1. The zero-order chi connectivity index (χ0) is 32.2. The number of hydrogen-bond donors (Lipinski definition) is 2. The first-order valence-electron chi connectivity index (χ1n) is 15.9. The van der Waals surface area contributed by atoms with E-state index in [9.17, 15) is 0 Å². The molecule has 0 aliphatic carbocycles. The summed E-state index contributed by atoms with van der Waals surface area (Å²) in [5, 5.41) is 6.66. The molecule has 0 saturated carbocycles. The van der Waals surface area contributed by atoms with Crippen LogP contribution in [0.1, 0.15) is 33.6 Å². The van der Waals surface area contributed by atoms with Crippen molar-refractivity contribution >= 4 is 17.2 Å². The smallest absolute Gasteiger partial charge is 0.133 e. The molecule has 0 spiro atoms. The molecule has 238 valence electrons. The molecule has 8 heteroatoms. The number of dihydropyridines is 1. The van der Waals surface area contributed by atoms with E-state index >= 15 is 4.39 Å². The van der Waals surface area contributed by atoms with Crippen LogP contribution < -0.4 is 20.4 Å². The summed E-state index contributed by atoms with van der Waals surface area (Å²) in [5.41, 5.74) is 7.67. The zero-order valence-corrected chi connectivity index (χ0v) is 27.4. The number of anilines is 3. The quantitative estimate of drug-likeness (QED) is 0.285. The van der Waals surface area contributed by atoms with Crippen molar-refractivity contribution in [2.24, 2.45) is 0 Å². The van der Waals surface area contributed by atoms with Crippen molar-refractivity contribution in [3.8, 4) is 11.1 Å². The minimum Gasteiger partial charge on any atom is -0.372 e. The Morgan fingerprint density at radius 3 is 2.31 bits per heavy atom. The van der Waals surface area contributed by atoms with Crippen LogP contribution in [-0.2, 0) is 0 Å². The van der Waals surface area contributed by atoms with E-state index in [1.54, 1.807) is 12.3 Å². The highest BCUT2D eigenvalue weighted by Gasteiger charge is 2.29. The fourth-order valence-corrected chi connectivity index (χ4v) is 6.13. The Labute approximate surface area is 268 Å². The third-order valence-electron chi connectivity index (χ3n) is 9.25. The molecule has 0 radical (unpaired) electrons. The van der Waals surface area contributed by atoms with Gasteiger partial charge in [-0.1, -0.05) is 25.3 Å². The van der Waals surface area contributed by atoms with Crippen molar-refractivity contribution in [1.82, 2.24) is 20.1 Å². The number of nitrogens with one attached hydrogen (secondary N) is 2. The van der Waals surface area contributed by atoms with Crippen molar-refractivity contribution in [1.29, 1.82) is 0 Å². The normalized spacial score (nSPS) is 20.5. The Hall–Kier alpha value is -4.30. The summed E-state index contributed by atoms with van der Waals surface area (Å²) in [6, 6.07) is 8.20. The van der Waals surface area contributed by atoms with Crippen LogP contribution in [0.3, 0.4) is 0 Å². The number of pyridine rings is 1. The fourth-order valence-electron chi connectivity index (χ4n) is 6.13. The molecule has 45 heavy (non-hydrogen) atoms. The molecule has 2 atom stereocenters. The molecule has 2 fully saturated rings. The maximum Gasteiger partial charge on any atom is 0.133 e. The van der Waals surface area contributed by atoms with Gasteiger partial charge in [-0.25, -0.2) is 9.37 Å². The van der Waals surface area contributed by atoms with E-state index in [-0.39, 0.29) is 5.82 Å². The lowest BCUT2D eigenvalue weighted by Gasteiger charge is -2.44. The summed E-state index contributed by atoms with van der Waals surface area (Å²) in [7, 11) is 2.15. The first kappa shape index (κ1) is 32.1. The van der Waals surface area contributed by atoms with Crippen molar-refractivity contribution in [3.63, 3.8) is 0 Å². The van der Waals surface area contributed by atoms with Crippen molar-refractivity contribution < 1.29 is 4.39 Å². The second-order valence-corrected chi connectivity index (χ2v) is 12.7. The summed E-state index contributed by atoms with van der Waals surface area (Å²) >= 11 is 0. The molecule has 3 aliphatic heterocycles. The second-order valence-electron chi connectivity index (χ2n) is 12.7. The Morgan fingerprint density at radius 1 is 1.00 bits per heavy atom. The molecule has 2 N–H and O–H groups in total. The van der Waals surface area contributed by atoms with Gasteiger partial charge in [-0.2, -0.15) is 0 Å². The van der Waals surface area contributed by atoms with Crippen LogP contribution in [0.5, 0.6) is 0 Å². The lowest BCUT2D eigenvalue weighted by atomic mass is 10.0. The molecule has 5 rings (SSSR count). The second kappa shape index (κ2) is 13.8. The monoisotopic (exact) mass is 609 g/mol. The van der Waals surface area contributed by atoms with Crippen LogP contribution in [-0.4, -0.2) is 73.2 Å². The minimum atomic E-state index is -0.272. The SMILES string of the molecule is C=C(C)CCC(=C)N1CCN(c2ccc(-c3cc(NC(=C)C4=CNC(=C)C=C4)c(N4CC(C)N(C)C(C)C4)cc3F)cn2)CC1. The van der Waals surface area contributed by atoms with E-state index in [1.165, 1.54) is 11.3 Å². The summed E-state index contributed by atoms with van der Waals surface area (Å²) < 4.78 is 16.0. The van der Waals surface area contributed by atoms with Gasteiger partial charge >= 0.3 is 0 Å². The van der Waals surface area contributed by atoms with E-state index in [1.807, 2.05) is 36.6 Å². The number of allylic oxidation sites excluding steroid dienone is 4. The first-order valence-corrected chi connectivity index (χ1v) is 15.9. The number of likely N-dealkylation sites (N-methyl/N-ethyl adjacent to an activating group) is 1. The van der Waals surface area contributed by atoms with E-state index in [0.29, 0.717) is 17.6 Å². The van der Waals surface area contributed by atoms with Gasteiger partial charge in [0, 0.05) is 97.5 Å².